The molecule has 0 saturated carbocycles. The number of halogens is 1. The molecule has 0 fully saturated rings. The van der Waals surface area contributed by atoms with Crippen molar-refractivity contribution in [1.29, 1.82) is 0 Å². The van der Waals surface area contributed by atoms with Crippen LogP contribution in [0.4, 0.5) is 17.5 Å². The number of hydrogen-bond donors (Lipinski definition) is 2. The van der Waals surface area contributed by atoms with Gasteiger partial charge in [0, 0.05) is 18.8 Å². The predicted octanol–water partition coefficient (Wildman–Crippen LogP) is 4.25. The monoisotopic (exact) mass is 364 g/mol. The van der Waals surface area contributed by atoms with Gasteiger partial charge in [-0.05, 0) is 39.5 Å². The van der Waals surface area contributed by atoms with Gasteiger partial charge in [-0.25, -0.2) is 4.98 Å². The Hall–Kier alpha value is -1.86. The van der Waals surface area contributed by atoms with Crippen LogP contribution in [0.3, 0.4) is 0 Å². The van der Waals surface area contributed by atoms with Crippen molar-refractivity contribution >= 4 is 54.9 Å². The largest absolute Gasteiger partial charge is 0.495 e. The second kappa shape index (κ2) is 5.87. The van der Waals surface area contributed by atoms with Gasteiger partial charge in [-0.3, -0.25) is 0 Å². The molecular formula is C14H13BrN4OS. The normalized spacial score (nSPS) is 10.6. The average Bonchev–Trinajstić information content (AvgIpc) is 2.97. The fraction of sp³-hybridized carbons (Fsp3) is 0.143. The number of ether oxygens (including phenoxy) is 1. The second-order valence-electron chi connectivity index (χ2n) is 4.26. The minimum absolute atomic E-state index is 0.594. The van der Waals surface area contributed by atoms with E-state index in [4.69, 9.17) is 4.74 Å². The third-order valence-corrected chi connectivity index (χ3v) is 4.42. The zero-order valence-electron chi connectivity index (χ0n) is 11.5. The highest BCUT2D eigenvalue weighted by Crippen LogP contribution is 2.32. The van der Waals surface area contributed by atoms with Crippen LogP contribution in [0.15, 0.2) is 34.1 Å². The van der Waals surface area contributed by atoms with E-state index in [1.54, 1.807) is 25.5 Å². The second-order valence-corrected chi connectivity index (χ2v) is 6.01. The lowest BCUT2D eigenvalue weighted by molar-refractivity contribution is 0.412. The number of benzene rings is 1. The van der Waals surface area contributed by atoms with E-state index in [0.29, 0.717) is 5.95 Å². The topological polar surface area (TPSA) is 59.1 Å². The standard InChI is InChI=1S/C14H13BrN4OS/c1-16-14-18-12(9-5-6-21-13(9)19-14)17-8-3-4-10(15)11(7-8)20-2/h3-7H,1-2H3,(H2,16,17,18,19). The molecule has 0 atom stereocenters. The van der Waals surface area contributed by atoms with E-state index in [1.165, 1.54) is 0 Å². The Balaban J connectivity index is 2.03. The minimum Gasteiger partial charge on any atom is -0.495 e. The number of nitrogens with one attached hydrogen (secondary N) is 2. The molecule has 21 heavy (non-hydrogen) atoms. The van der Waals surface area contributed by atoms with Gasteiger partial charge in [-0.15, -0.1) is 11.3 Å². The van der Waals surface area contributed by atoms with Crippen LogP contribution in [0.25, 0.3) is 10.2 Å². The number of thiophene rings is 1. The maximum Gasteiger partial charge on any atom is 0.225 e. The van der Waals surface area contributed by atoms with Crippen LogP contribution in [0.2, 0.25) is 0 Å². The summed E-state index contributed by atoms with van der Waals surface area (Å²) in [4.78, 5) is 9.86. The summed E-state index contributed by atoms with van der Waals surface area (Å²) in [6, 6.07) is 7.83. The van der Waals surface area contributed by atoms with Gasteiger partial charge in [-0.2, -0.15) is 4.98 Å². The van der Waals surface area contributed by atoms with Crippen molar-refractivity contribution in [2.75, 3.05) is 24.8 Å². The Bertz CT molecular complexity index is 790. The van der Waals surface area contributed by atoms with Crippen LogP contribution >= 0.6 is 27.3 Å². The number of rotatable bonds is 4. The summed E-state index contributed by atoms with van der Waals surface area (Å²) in [6.07, 6.45) is 0. The summed E-state index contributed by atoms with van der Waals surface area (Å²) in [7, 11) is 3.45. The number of hydrogen-bond acceptors (Lipinski definition) is 6. The lowest BCUT2D eigenvalue weighted by atomic mass is 10.3. The van der Waals surface area contributed by atoms with Crippen molar-refractivity contribution < 1.29 is 4.74 Å². The Labute approximate surface area is 134 Å². The maximum absolute atomic E-state index is 5.31. The molecule has 0 aliphatic carbocycles. The van der Waals surface area contributed by atoms with Gasteiger partial charge < -0.3 is 15.4 Å². The number of fused-ring (bicyclic) bond motifs is 1. The molecule has 5 nitrogen and oxygen atoms in total. The molecule has 2 heterocycles. The molecule has 0 aliphatic rings. The molecule has 2 N–H and O–H groups in total. The molecule has 3 rings (SSSR count). The molecule has 0 amide bonds. The molecule has 0 unspecified atom stereocenters. The SMILES string of the molecule is CNc1nc(Nc2ccc(Br)c(OC)c2)c2ccsc2n1. The number of nitrogens with zero attached hydrogens (tertiary/aromatic N) is 2. The van der Waals surface area contributed by atoms with E-state index in [2.05, 4.69) is 36.5 Å². The molecule has 108 valence electrons. The van der Waals surface area contributed by atoms with Gasteiger partial charge in [0.25, 0.3) is 0 Å². The summed E-state index contributed by atoms with van der Waals surface area (Å²) in [5.41, 5.74) is 0.906. The summed E-state index contributed by atoms with van der Waals surface area (Å²) >= 11 is 5.03. The first-order valence-electron chi connectivity index (χ1n) is 6.25. The first kappa shape index (κ1) is 14.1. The lowest BCUT2D eigenvalue weighted by Crippen LogP contribution is -2.01. The van der Waals surface area contributed by atoms with Gasteiger partial charge in [0.15, 0.2) is 0 Å². The van der Waals surface area contributed by atoms with Gasteiger partial charge in [-0.1, -0.05) is 0 Å². The first-order valence-corrected chi connectivity index (χ1v) is 7.92. The molecule has 2 aromatic heterocycles. The van der Waals surface area contributed by atoms with Crippen molar-refractivity contribution in [3.05, 3.63) is 34.1 Å². The van der Waals surface area contributed by atoms with E-state index < -0.39 is 0 Å². The highest BCUT2D eigenvalue weighted by atomic mass is 79.9. The lowest BCUT2D eigenvalue weighted by Gasteiger charge is -2.10. The van der Waals surface area contributed by atoms with Crippen LogP contribution in [-0.4, -0.2) is 24.1 Å². The van der Waals surface area contributed by atoms with Crippen molar-refractivity contribution in [2.45, 2.75) is 0 Å². The van der Waals surface area contributed by atoms with Crippen molar-refractivity contribution in [3.63, 3.8) is 0 Å². The third kappa shape index (κ3) is 2.79. The maximum atomic E-state index is 5.31. The van der Waals surface area contributed by atoms with Gasteiger partial charge in [0.1, 0.15) is 16.4 Å². The summed E-state index contributed by atoms with van der Waals surface area (Å²) in [6.45, 7) is 0. The van der Waals surface area contributed by atoms with Gasteiger partial charge >= 0.3 is 0 Å². The molecule has 7 heteroatoms. The molecule has 3 aromatic rings. The first-order chi connectivity index (χ1) is 10.2. The van der Waals surface area contributed by atoms with Crippen LogP contribution < -0.4 is 15.4 Å². The predicted molar refractivity (Wildman–Crippen MR) is 90.9 cm³/mol. The van der Waals surface area contributed by atoms with Gasteiger partial charge in [0.05, 0.1) is 17.0 Å². The Morgan fingerprint density at radius 2 is 2.10 bits per heavy atom. The smallest absolute Gasteiger partial charge is 0.225 e. The minimum atomic E-state index is 0.594. The fourth-order valence-electron chi connectivity index (χ4n) is 1.94. The van der Waals surface area contributed by atoms with E-state index in [1.807, 2.05) is 29.6 Å². The molecule has 0 saturated heterocycles. The summed E-state index contributed by atoms with van der Waals surface area (Å²) in [5, 5.41) is 9.31. The average molecular weight is 365 g/mol. The van der Waals surface area contributed by atoms with Crippen LogP contribution in [0.5, 0.6) is 5.75 Å². The van der Waals surface area contributed by atoms with Crippen molar-refractivity contribution in [3.8, 4) is 5.75 Å². The van der Waals surface area contributed by atoms with Crippen molar-refractivity contribution in [1.82, 2.24) is 9.97 Å². The zero-order chi connectivity index (χ0) is 14.8. The Kier molecular flexibility index (Phi) is 3.94. The molecular weight excluding hydrogens is 352 g/mol. The number of methoxy groups -OCH3 is 1. The third-order valence-electron chi connectivity index (χ3n) is 2.96. The van der Waals surface area contributed by atoms with Crippen LogP contribution in [0, 0.1) is 0 Å². The fourth-order valence-corrected chi connectivity index (χ4v) is 3.11. The summed E-state index contributed by atoms with van der Waals surface area (Å²) in [5.74, 6) is 2.14. The number of anilines is 3. The molecule has 0 aliphatic heterocycles. The zero-order valence-corrected chi connectivity index (χ0v) is 13.9. The van der Waals surface area contributed by atoms with Crippen LogP contribution in [0.1, 0.15) is 0 Å². The Morgan fingerprint density at radius 1 is 1.24 bits per heavy atom. The van der Waals surface area contributed by atoms with Crippen LogP contribution in [-0.2, 0) is 0 Å². The molecule has 1 aromatic carbocycles. The number of aromatic nitrogens is 2. The van der Waals surface area contributed by atoms with E-state index in [-0.39, 0.29) is 0 Å². The molecule has 0 spiro atoms. The van der Waals surface area contributed by atoms with E-state index in [9.17, 15) is 0 Å². The van der Waals surface area contributed by atoms with E-state index in [0.717, 1.165) is 31.9 Å². The van der Waals surface area contributed by atoms with E-state index >= 15 is 0 Å². The molecule has 0 bridgehead atoms. The quantitative estimate of drug-likeness (QED) is 0.724. The summed E-state index contributed by atoms with van der Waals surface area (Å²) < 4.78 is 6.22. The Morgan fingerprint density at radius 3 is 2.86 bits per heavy atom. The van der Waals surface area contributed by atoms with Crippen molar-refractivity contribution in [2.24, 2.45) is 0 Å². The van der Waals surface area contributed by atoms with Gasteiger partial charge in [0.2, 0.25) is 5.95 Å². The molecule has 0 radical (unpaired) electrons. The highest BCUT2D eigenvalue weighted by molar-refractivity contribution is 9.10. The highest BCUT2D eigenvalue weighted by Gasteiger charge is 2.09.